The smallest absolute Gasteiger partial charge is 0.0715 e. The van der Waals surface area contributed by atoms with Crippen molar-refractivity contribution in [2.75, 3.05) is 0 Å². The van der Waals surface area contributed by atoms with Gasteiger partial charge in [0.15, 0.2) is 0 Å². The van der Waals surface area contributed by atoms with Crippen LogP contribution in [0.2, 0.25) is 0 Å². The van der Waals surface area contributed by atoms with Gasteiger partial charge in [0, 0.05) is 55.3 Å². The van der Waals surface area contributed by atoms with Gasteiger partial charge in [-0.05, 0) is 53.6 Å². The molecule has 2 atom stereocenters. The molecular formula is C48H35N3. The van der Waals surface area contributed by atoms with Gasteiger partial charge in [0.1, 0.15) is 0 Å². The monoisotopic (exact) mass is 653 g/mol. The summed E-state index contributed by atoms with van der Waals surface area (Å²) >= 11 is 0. The molecule has 0 spiro atoms. The molecule has 0 N–H and O–H groups in total. The van der Waals surface area contributed by atoms with Crippen LogP contribution in [0.15, 0.2) is 182 Å². The third-order valence-electron chi connectivity index (χ3n) is 10.7. The summed E-state index contributed by atoms with van der Waals surface area (Å²) < 4.78 is 5.09. The van der Waals surface area contributed by atoms with Crippen molar-refractivity contribution in [3.8, 4) is 22.5 Å². The Bertz CT molecular complexity index is 2650. The molecule has 9 aromatic rings. The Hall–Kier alpha value is -6.45. The van der Waals surface area contributed by atoms with E-state index in [1.807, 2.05) is 0 Å². The van der Waals surface area contributed by atoms with Crippen LogP contribution in [0.3, 0.4) is 0 Å². The average Bonchev–Trinajstić information content (AvgIpc) is 3.72. The molecule has 6 aromatic carbocycles. The second-order valence-electron chi connectivity index (χ2n) is 13.6. The molecule has 51 heavy (non-hydrogen) atoms. The lowest BCUT2D eigenvalue weighted by Gasteiger charge is -2.33. The van der Waals surface area contributed by atoms with E-state index >= 15 is 0 Å². The number of nitrogens with zero attached hydrogens (tertiary/aromatic N) is 3. The van der Waals surface area contributed by atoms with Gasteiger partial charge in [-0.25, -0.2) is 4.98 Å². The van der Waals surface area contributed by atoms with E-state index < -0.39 is 0 Å². The average molecular weight is 654 g/mol. The molecule has 3 heterocycles. The van der Waals surface area contributed by atoms with Crippen molar-refractivity contribution in [1.29, 1.82) is 0 Å². The number of allylic oxidation sites excluding steroid dienone is 4. The highest BCUT2D eigenvalue weighted by atomic mass is 15.1. The SMILES string of the molecule is CC1C(n2c3ccccc3c3ccccc32)=CC(c2cc(-c3ccccc3)nc(-c3ccccc3)c2)=CC1n1c2ccccc2c2ccccc21. The van der Waals surface area contributed by atoms with Crippen molar-refractivity contribution >= 4 is 54.9 Å². The van der Waals surface area contributed by atoms with Gasteiger partial charge in [-0.15, -0.1) is 0 Å². The number of aromatic nitrogens is 3. The van der Waals surface area contributed by atoms with Crippen LogP contribution in [-0.2, 0) is 0 Å². The second kappa shape index (κ2) is 11.9. The molecule has 2 unspecified atom stereocenters. The molecule has 0 saturated carbocycles. The number of fused-ring (bicyclic) bond motifs is 6. The lowest BCUT2D eigenvalue weighted by Crippen LogP contribution is -2.22. The fraction of sp³-hybridized carbons (Fsp3) is 0.0625. The summed E-state index contributed by atoms with van der Waals surface area (Å²) in [7, 11) is 0. The summed E-state index contributed by atoms with van der Waals surface area (Å²) in [5.41, 5.74) is 12.7. The quantitative estimate of drug-likeness (QED) is 0.181. The molecule has 1 aliphatic carbocycles. The molecule has 3 heteroatoms. The maximum absolute atomic E-state index is 5.23. The maximum atomic E-state index is 5.23. The molecule has 0 radical (unpaired) electrons. The summed E-state index contributed by atoms with van der Waals surface area (Å²) in [6, 6.07) is 61.1. The van der Waals surface area contributed by atoms with E-state index in [0.29, 0.717) is 0 Å². The zero-order valence-electron chi connectivity index (χ0n) is 28.3. The largest absolute Gasteiger partial charge is 0.333 e. The van der Waals surface area contributed by atoms with E-state index in [1.165, 1.54) is 54.9 Å². The van der Waals surface area contributed by atoms with Crippen molar-refractivity contribution in [1.82, 2.24) is 14.1 Å². The molecule has 0 saturated heterocycles. The third-order valence-corrected chi connectivity index (χ3v) is 10.7. The van der Waals surface area contributed by atoms with Crippen LogP contribution >= 0.6 is 0 Å². The van der Waals surface area contributed by atoms with Gasteiger partial charge in [-0.2, -0.15) is 0 Å². The molecule has 0 amide bonds. The number of hydrogen-bond acceptors (Lipinski definition) is 1. The topological polar surface area (TPSA) is 22.8 Å². The molecule has 0 bridgehead atoms. The van der Waals surface area contributed by atoms with Crippen LogP contribution in [-0.4, -0.2) is 14.1 Å². The maximum Gasteiger partial charge on any atom is 0.0715 e. The Morgan fingerprint density at radius 2 is 0.863 bits per heavy atom. The molecule has 0 fully saturated rings. The molecular weight excluding hydrogens is 619 g/mol. The summed E-state index contributed by atoms with van der Waals surface area (Å²) in [6.07, 6.45) is 4.94. The number of benzene rings is 6. The Kier molecular flexibility index (Phi) is 6.85. The van der Waals surface area contributed by atoms with Crippen LogP contribution in [0, 0.1) is 5.92 Å². The molecule has 10 rings (SSSR count). The first kappa shape index (κ1) is 29.5. The van der Waals surface area contributed by atoms with Crippen LogP contribution < -0.4 is 0 Å². The van der Waals surface area contributed by atoms with Gasteiger partial charge in [0.05, 0.1) is 28.5 Å². The Balaban J connectivity index is 1.28. The minimum absolute atomic E-state index is 0.0400. The summed E-state index contributed by atoms with van der Waals surface area (Å²) in [5.74, 6) is 0.149. The first-order valence-corrected chi connectivity index (χ1v) is 17.8. The molecule has 1 aliphatic rings. The van der Waals surface area contributed by atoms with Crippen LogP contribution in [0.5, 0.6) is 0 Å². The Morgan fingerprint density at radius 1 is 0.451 bits per heavy atom. The van der Waals surface area contributed by atoms with Gasteiger partial charge in [-0.3, -0.25) is 0 Å². The lowest BCUT2D eigenvalue weighted by molar-refractivity contribution is 0.512. The highest BCUT2D eigenvalue weighted by Gasteiger charge is 2.31. The van der Waals surface area contributed by atoms with Gasteiger partial charge in [0.2, 0.25) is 0 Å². The first-order valence-electron chi connectivity index (χ1n) is 17.8. The minimum atomic E-state index is 0.0400. The molecule has 0 aliphatic heterocycles. The van der Waals surface area contributed by atoms with E-state index in [0.717, 1.165) is 28.1 Å². The van der Waals surface area contributed by atoms with E-state index in [2.05, 4.69) is 198 Å². The molecule has 3 aromatic heterocycles. The van der Waals surface area contributed by atoms with Crippen molar-refractivity contribution in [3.05, 3.63) is 188 Å². The summed E-state index contributed by atoms with van der Waals surface area (Å²) in [4.78, 5) is 5.23. The fourth-order valence-corrected chi connectivity index (χ4v) is 8.27. The highest BCUT2D eigenvalue weighted by Crippen LogP contribution is 2.46. The molecule has 3 nitrogen and oxygen atoms in total. The zero-order valence-corrected chi connectivity index (χ0v) is 28.3. The third kappa shape index (κ3) is 4.77. The number of hydrogen-bond donors (Lipinski definition) is 0. The van der Waals surface area contributed by atoms with E-state index in [-0.39, 0.29) is 12.0 Å². The fourth-order valence-electron chi connectivity index (χ4n) is 8.27. The van der Waals surface area contributed by atoms with Crippen molar-refractivity contribution in [2.45, 2.75) is 13.0 Å². The van der Waals surface area contributed by atoms with Gasteiger partial charge >= 0.3 is 0 Å². The standard InChI is InChI=1S/C48H35N3/c1-32-47(50-43-24-12-8-20-37(43)38-21-9-13-25-44(38)50)30-36(31-48(32)51-45-26-14-10-22-39(45)40-23-11-15-27-46(40)51)35-28-41(33-16-4-2-5-17-33)49-42(29-35)34-18-6-3-7-19-34/h2-32,47H,1H3. The molecule has 242 valence electrons. The Morgan fingerprint density at radius 3 is 1.35 bits per heavy atom. The van der Waals surface area contributed by atoms with Crippen LogP contribution in [0.25, 0.3) is 77.4 Å². The second-order valence-corrected chi connectivity index (χ2v) is 13.6. The van der Waals surface area contributed by atoms with E-state index in [9.17, 15) is 0 Å². The number of rotatable bonds is 5. The number of pyridine rings is 1. The van der Waals surface area contributed by atoms with Gasteiger partial charge < -0.3 is 9.13 Å². The van der Waals surface area contributed by atoms with Crippen molar-refractivity contribution in [3.63, 3.8) is 0 Å². The predicted molar refractivity (Wildman–Crippen MR) is 214 cm³/mol. The van der Waals surface area contributed by atoms with Gasteiger partial charge in [0.25, 0.3) is 0 Å². The minimum Gasteiger partial charge on any atom is -0.333 e. The van der Waals surface area contributed by atoms with Crippen LogP contribution in [0.4, 0.5) is 0 Å². The first-order chi connectivity index (χ1) is 25.2. The lowest BCUT2D eigenvalue weighted by atomic mass is 9.86. The van der Waals surface area contributed by atoms with Crippen molar-refractivity contribution < 1.29 is 0 Å². The predicted octanol–water partition coefficient (Wildman–Crippen LogP) is 12.4. The van der Waals surface area contributed by atoms with Gasteiger partial charge in [-0.1, -0.05) is 146 Å². The van der Waals surface area contributed by atoms with Crippen molar-refractivity contribution in [2.24, 2.45) is 5.92 Å². The summed E-state index contributed by atoms with van der Waals surface area (Å²) in [5, 5.41) is 5.11. The number of para-hydroxylation sites is 4. The normalized spacial score (nSPS) is 16.2. The Labute approximate surface area is 297 Å². The van der Waals surface area contributed by atoms with E-state index in [1.54, 1.807) is 0 Å². The zero-order chi connectivity index (χ0) is 33.9. The van der Waals surface area contributed by atoms with E-state index in [4.69, 9.17) is 4.98 Å². The van der Waals surface area contributed by atoms with Crippen LogP contribution in [0.1, 0.15) is 18.5 Å². The summed E-state index contributed by atoms with van der Waals surface area (Å²) in [6.45, 7) is 2.40. The highest BCUT2D eigenvalue weighted by molar-refractivity contribution is 6.11.